The first-order valence-electron chi connectivity index (χ1n) is 12.4. The van der Waals surface area contributed by atoms with E-state index in [4.69, 9.17) is 0 Å². The van der Waals surface area contributed by atoms with E-state index < -0.39 is 0 Å². The maximum atomic E-state index is 12.9. The molecule has 4 heterocycles. The van der Waals surface area contributed by atoms with Gasteiger partial charge in [0.15, 0.2) is 0 Å². The Hall–Kier alpha value is -2.71. The zero-order valence-corrected chi connectivity index (χ0v) is 20.9. The van der Waals surface area contributed by atoms with Crippen molar-refractivity contribution in [3.63, 3.8) is 0 Å². The van der Waals surface area contributed by atoms with Gasteiger partial charge in [0, 0.05) is 56.1 Å². The number of aryl methyl sites for hydroxylation is 2. The highest BCUT2D eigenvalue weighted by Crippen LogP contribution is 2.29. The van der Waals surface area contributed by atoms with E-state index in [2.05, 4.69) is 86.2 Å². The molecule has 7 nitrogen and oxygen atoms in total. The lowest BCUT2D eigenvalue weighted by Crippen LogP contribution is -2.48. The number of anilines is 1. The van der Waals surface area contributed by atoms with Gasteiger partial charge in [-0.2, -0.15) is 0 Å². The Kier molecular flexibility index (Phi) is 6.97. The van der Waals surface area contributed by atoms with Gasteiger partial charge in [-0.15, -0.1) is 10.2 Å². The van der Waals surface area contributed by atoms with Crippen LogP contribution in [0.4, 0.5) is 5.13 Å². The van der Waals surface area contributed by atoms with Crippen molar-refractivity contribution in [3.05, 3.63) is 59.4 Å². The Bertz CT molecular complexity index is 1070. The highest BCUT2D eigenvalue weighted by Gasteiger charge is 2.29. The molecule has 3 aromatic rings. The van der Waals surface area contributed by atoms with Gasteiger partial charge in [0.25, 0.3) is 0 Å². The van der Waals surface area contributed by atoms with Crippen LogP contribution in [-0.2, 0) is 11.3 Å². The Morgan fingerprint density at radius 1 is 0.912 bits per heavy atom. The number of hydrogen-bond donors (Lipinski definition) is 1. The topological polar surface area (TPSA) is 66.3 Å². The summed E-state index contributed by atoms with van der Waals surface area (Å²) >= 11 is 1.63. The Morgan fingerprint density at radius 2 is 1.56 bits per heavy atom. The summed E-state index contributed by atoms with van der Waals surface area (Å²) in [5.74, 6) is 0.331. The van der Waals surface area contributed by atoms with Crippen molar-refractivity contribution in [2.24, 2.45) is 5.92 Å². The summed E-state index contributed by atoms with van der Waals surface area (Å²) < 4.78 is 2.15. The van der Waals surface area contributed by atoms with Gasteiger partial charge in [-0.25, -0.2) is 0 Å². The van der Waals surface area contributed by atoms with Crippen molar-refractivity contribution < 1.29 is 4.79 Å². The fourth-order valence-electron chi connectivity index (χ4n) is 5.13. The summed E-state index contributed by atoms with van der Waals surface area (Å²) in [4.78, 5) is 17.7. The maximum absolute atomic E-state index is 12.9. The summed E-state index contributed by atoms with van der Waals surface area (Å²) in [5, 5.41) is 14.1. The van der Waals surface area contributed by atoms with Crippen molar-refractivity contribution in [1.29, 1.82) is 0 Å². The molecule has 0 saturated carbocycles. The van der Waals surface area contributed by atoms with Crippen LogP contribution >= 0.6 is 11.3 Å². The van der Waals surface area contributed by atoms with Crippen LogP contribution in [0.15, 0.2) is 42.5 Å². The van der Waals surface area contributed by atoms with E-state index in [-0.39, 0.29) is 11.8 Å². The van der Waals surface area contributed by atoms with Crippen LogP contribution in [0.5, 0.6) is 0 Å². The Balaban J connectivity index is 1.07. The highest BCUT2D eigenvalue weighted by atomic mass is 32.1. The minimum absolute atomic E-state index is 0.0972. The van der Waals surface area contributed by atoms with Gasteiger partial charge in [-0.3, -0.25) is 14.3 Å². The first-order valence-corrected chi connectivity index (χ1v) is 13.2. The number of piperidine rings is 2. The second kappa shape index (κ2) is 10.3. The average molecular weight is 479 g/mol. The van der Waals surface area contributed by atoms with E-state index in [1.165, 1.54) is 17.0 Å². The zero-order valence-electron chi connectivity index (χ0n) is 20.1. The third-order valence-corrected chi connectivity index (χ3v) is 8.15. The van der Waals surface area contributed by atoms with Crippen molar-refractivity contribution in [1.82, 2.24) is 25.0 Å². The molecule has 5 rings (SSSR count). The number of carbonyl (C=O) groups is 1. The van der Waals surface area contributed by atoms with Gasteiger partial charge in [0.1, 0.15) is 0 Å². The SMILES string of the molecule is Cc1ccc(C)n1-c1nnc(N2CCC(C(=O)NC3CCN(Cc4ccccc4)CC3)CC2)s1. The number of rotatable bonds is 6. The van der Waals surface area contributed by atoms with E-state index in [0.717, 1.165) is 68.7 Å². The van der Waals surface area contributed by atoms with E-state index >= 15 is 0 Å². The van der Waals surface area contributed by atoms with Gasteiger partial charge in [-0.1, -0.05) is 41.7 Å². The van der Waals surface area contributed by atoms with Gasteiger partial charge in [0.05, 0.1) is 0 Å². The second-order valence-electron chi connectivity index (χ2n) is 9.62. The third kappa shape index (κ3) is 5.18. The second-order valence-corrected chi connectivity index (χ2v) is 10.6. The van der Waals surface area contributed by atoms with E-state index in [1.54, 1.807) is 11.3 Å². The summed E-state index contributed by atoms with van der Waals surface area (Å²) in [6.45, 7) is 8.96. The highest BCUT2D eigenvalue weighted by molar-refractivity contribution is 7.17. The molecule has 2 aliphatic rings. The average Bonchev–Trinajstić information content (AvgIpc) is 3.47. The Morgan fingerprint density at radius 3 is 2.24 bits per heavy atom. The summed E-state index contributed by atoms with van der Waals surface area (Å²) in [6.07, 6.45) is 3.80. The third-order valence-electron chi connectivity index (χ3n) is 7.19. The van der Waals surface area contributed by atoms with Crippen LogP contribution in [0.2, 0.25) is 0 Å². The number of nitrogens with one attached hydrogen (secondary N) is 1. The molecule has 1 aromatic carbocycles. The first kappa shape index (κ1) is 23.1. The molecular weight excluding hydrogens is 444 g/mol. The molecule has 0 unspecified atom stereocenters. The number of amides is 1. The van der Waals surface area contributed by atoms with Crippen LogP contribution < -0.4 is 10.2 Å². The van der Waals surface area contributed by atoms with Gasteiger partial charge in [-0.05, 0) is 57.2 Å². The maximum Gasteiger partial charge on any atom is 0.223 e. The molecule has 8 heteroatoms. The van der Waals surface area contributed by atoms with Crippen LogP contribution in [0.3, 0.4) is 0 Å². The van der Waals surface area contributed by atoms with Gasteiger partial charge in [0.2, 0.25) is 16.2 Å². The molecule has 0 atom stereocenters. The molecule has 0 spiro atoms. The number of aromatic nitrogens is 3. The molecule has 2 aliphatic heterocycles. The molecular formula is C26H34N6OS. The smallest absolute Gasteiger partial charge is 0.223 e. The number of nitrogens with zero attached hydrogens (tertiary/aromatic N) is 5. The zero-order chi connectivity index (χ0) is 23.5. The number of carbonyl (C=O) groups excluding carboxylic acids is 1. The molecule has 0 radical (unpaired) electrons. The largest absolute Gasteiger partial charge is 0.353 e. The van der Waals surface area contributed by atoms with Crippen LogP contribution in [0.1, 0.15) is 42.6 Å². The van der Waals surface area contributed by atoms with Crippen molar-refractivity contribution >= 4 is 22.4 Å². The van der Waals surface area contributed by atoms with E-state index in [1.807, 2.05) is 0 Å². The lowest BCUT2D eigenvalue weighted by atomic mass is 9.95. The van der Waals surface area contributed by atoms with Crippen LogP contribution in [0, 0.1) is 19.8 Å². The van der Waals surface area contributed by atoms with E-state index in [9.17, 15) is 4.79 Å². The van der Waals surface area contributed by atoms with Crippen LogP contribution in [0.25, 0.3) is 5.13 Å². The molecule has 1 amide bonds. The standard InChI is InChI=1S/C26H34N6OS/c1-19-8-9-20(2)32(19)26-29-28-25(34-26)31-16-10-22(11-17-31)24(33)27-23-12-14-30(15-13-23)18-21-6-4-3-5-7-21/h3-9,22-23H,10-18H2,1-2H3,(H,27,33). The summed E-state index contributed by atoms with van der Waals surface area (Å²) in [6, 6.07) is 15.1. The van der Waals surface area contributed by atoms with Crippen molar-refractivity contribution in [2.75, 3.05) is 31.1 Å². The normalized spacial score (nSPS) is 18.4. The number of likely N-dealkylation sites (tertiary alicyclic amines) is 1. The number of hydrogen-bond acceptors (Lipinski definition) is 6. The van der Waals surface area contributed by atoms with Gasteiger partial charge >= 0.3 is 0 Å². The molecule has 2 aromatic heterocycles. The Labute approximate surface area is 205 Å². The van der Waals surface area contributed by atoms with Gasteiger partial charge < -0.3 is 10.2 Å². The summed E-state index contributed by atoms with van der Waals surface area (Å²) in [7, 11) is 0. The molecule has 34 heavy (non-hydrogen) atoms. The molecule has 180 valence electrons. The quantitative estimate of drug-likeness (QED) is 0.581. The molecule has 0 aliphatic carbocycles. The minimum Gasteiger partial charge on any atom is -0.353 e. The predicted molar refractivity (Wildman–Crippen MR) is 137 cm³/mol. The van der Waals surface area contributed by atoms with Crippen molar-refractivity contribution in [2.45, 2.75) is 52.1 Å². The lowest BCUT2D eigenvalue weighted by Gasteiger charge is -2.35. The molecule has 0 bridgehead atoms. The lowest BCUT2D eigenvalue weighted by molar-refractivity contribution is -0.126. The van der Waals surface area contributed by atoms with E-state index in [0.29, 0.717) is 6.04 Å². The monoisotopic (exact) mass is 478 g/mol. The first-order chi connectivity index (χ1) is 16.6. The minimum atomic E-state index is 0.0972. The molecule has 2 saturated heterocycles. The fraction of sp³-hybridized carbons (Fsp3) is 0.500. The fourth-order valence-corrected chi connectivity index (χ4v) is 6.14. The van der Waals surface area contributed by atoms with Crippen LogP contribution in [-0.4, -0.2) is 57.8 Å². The predicted octanol–water partition coefficient (Wildman–Crippen LogP) is 3.94. The molecule has 1 N–H and O–H groups in total. The number of benzene rings is 1. The van der Waals surface area contributed by atoms with Crippen molar-refractivity contribution in [3.8, 4) is 5.13 Å². The summed E-state index contributed by atoms with van der Waals surface area (Å²) in [5.41, 5.74) is 3.70. The molecule has 2 fully saturated rings.